The molecule has 0 aromatic carbocycles. The van der Waals surface area contributed by atoms with E-state index in [0.717, 1.165) is 17.8 Å². The summed E-state index contributed by atoms with van der Waals surface area (Å²) in [6.07, 6.45) is 7.67. The quantitative estimate of drug-likeness (QED) is 0.555. The first-order valence-electron chi connectivity index (χ1n) is 5.54. The van der Waals surface area contributed by atoms with Crippen LogP contribution in [0.4, 0.5) is 0 Å². The van der Waals surface area contributed by atoms with E-state index in [4.69, 9.17) is 0 Å². The molecule has 0 amide bonds. The predicted molar refractivity (Wildman–Crippen MR) is 53.0 cm³/mol. The minimum atomic E-state index is 0.564. The minimum Gasteiger partial charge on any atom is -0.0602 e. The lowest BCUT2D eigenvalue weighted by Gasteiger charge is -2.29. The first-order chi connectivity index (χ1) is 5.54. The molecule has 0 aromatic rings. The van der Waals surface area contributed by atoms with Crippen LogP contribution < -0.4 is 0 Å². The summed E-state index contributed by atoms with van der Waals surface area (Å²) in [5.41, 5.74) is 0.564. The number of hydrogen-bond donors (Lipinski definition) is 0. The van der Waals surface area contributed by atoms with Crippen LogP contribution in [0.5, 0.6) is 0 Å². The molecule has 2 rings (SSSR count). The summed E-state index contributed by atoms with van der Waals surface area (Å²) in [6.45, 7) is 7.15. The van der Waals surface area contributed by atoms with E-state index >= 15 is 0 Å². The number of hydrogen-bond acceptors (Lipinski definition) is 0. The average molecular weight is 166 g/mol. The Morgan fingerprint density at radius 3 is 1.83 bits per heavy atom. The lowest BCUT2D eigenvalue weighted by molar-refractivity contribution is 0.219. The van der Waals surface area contributed by atoms with E-state index in [-0.39, 0.29) is 0 Å². The van der Waals surface area contributed by atoms with Gasteiger partial charge in [-0.15, -0.1) is 0 Å². The maximum atomic E-state index is 2.38. The lowest BCUT2D eigenvalue weighted by Crippen LogP contribution is -2.18. The molecule has 12 heavy (non-hydrogen) atoms. The third-order valence-corrected chi connectivity index (χ3v) is 3.75. The summed E-state index contributed by atoms with van der Waals surface area (Å²) in [7, 11) is 0. The molecule has 0 heterocycles. The van der Waals surface area contributed by atoms with Gasteiger partial charge in [0, 0.05) is 0 Å². The lowest BCUT2D eigenvalue weighted by atomic mass is 9.77. The maximum absolute atomic E-state index is 2.38. The largest absolute Gasteiger partial charge is 0.0602 e. The summed E-state index contributed by atoms with van der Waals surface area (Å²) >= 11 is 0. The van der Waals surface area contributed by atoms with Crippen molar-refractivity contribution in [3.8, 4) is 0 Å². The van der Waals surface area contributed by atoms with Crippen molar-refractivity contribution < 1.29 is 0 Å². The molecule has 2 aliphatic rings. The molecule has 0 heteroatoms. The molecule has 0 nitrogen and oxygen atoms in total. The maximum Gasteiger partial charge on any atom is -0.0380 e. The van der Waals surface area contributed by atoms with Crippen LogP contribution in [-0.2, 0) is 0 Å². The van der Waals surface area contributed by atoms with E-state index in [1.54, 1.807) is 25.7 Å². The monoisotopic (exact) mass is 166 g/mol. The Morgan fingerprint density at radius 2 is 1.50 bits per heavy atom. The fourth-order valence-electron chi connectivity index (χ4n) is 3.24. The number of rotatable bonds is 1. The second kappa shape index (κ2) is 2.75. The Labute approximate surface area is 76.7 Å². The van der Waals surface area contributed by atoms with Gasteiger partial charge in [0.15, 0.2) is 0 Å². The predicted octanol–water partition coefficient (Wildman–Crippen LogP) is 3.86. The molecule has 0 radical (unpaired) electrons. The molecule has 2 fully saturated rings. The molecule has 2 saturated carbocycles. The molecule has 0 N–H and O–H groups in total. The molecular formula is C12H22. The zero-order chi connectivity index (χ0) is 8.77. The van der Waals surface area contributed by atoms with Gasteiger partial charge in [0.25, 0.3) is 0 Å². The minimum absolute atomic E-state index is 0.564. The molecule has 0 spiro atoms. The fourth-order valence-corrected chi connectivity index (χ4v) is 3.24. The Balaban J connectivity index is 1.83. The van der Waals surface area contributed by atoms with Crippen molar-refractivity contribution in [3.63, 3.8) is 0 Å². The summed E-state index contributed by atoms with van der Waals surface area (Å²) < 4.78 is 0. The van der Waals surface area contributed by atoms with E-state index in [9.17, 15) is 0 Å². The van der Waals surface area contributed by atoms with Gasteiger partial charge in [0.1, 0.15) is 0 Å². The second-order valence-electron chi connectivity index (χ2n) is 6.20. The average Bonchev–Trinajstić information content (AvgIpc) is 2.10. The smallest absolute Gasteiger partial charge is 0.0380 e. The van der Waals surface area contributed by atoms with Crippen LogP contribution in [-0.4, -0.2) is 0 Å². The van der Waals surface area contributed by atoms with Crippen molar-refractivity contribution in [2.45, 2.75) is 52.9 Å². The van der Waals surface area contributed by atoms with Crippen molar-refractivity contribution in [1.82, 2.24) is 0 Å². The van der Waals surface area contributed by atoms with Gasteiger partial charge in [-0.25, -0.2) is 0 Å². The third-order valence-electron chi connectivity index (χ3n) is 3.75. The molecule has 2 aliphatic carbocycles. The highest BCUT2D eigenvalue weighted by atomic mass is 14.5. The second-order valence-corrected chi connectivity index (χ2v) is 6.20. The fraction of sp³-hybridized carbons (Fsp3) is 1.00. The van der Waals surface area contributed by atoms with Gasteiger partial charge in [-0.05, 0) is 55.3 Å². The van der Waals surface area contributed by atoms with Crippen molar-refractivity contribution in [1.29, 1.82) is 0 Å². The van der Waals surface area contributed by atoms with Gasteiger partial charge in [-0.1, -0.05) is 20.8 Å². The summed E-state index contributed by atoms with van der Waals surface area (Å²) in [4.78, 5) is 0. The summed E-state index contributed by atoms with van der Waals surface area (Å²) in [6, 6.07) is 0. The van der Waals surface area contributed by atoms with Crippen LogP contribution in [0.25, 0.3) is 0 Å². The SMILES string of the molecule is CC(C)(C)CC1CC2CCC2C1. The number of fused-ring (bicyclic) bond motifs is 1. The zero-order valence-corrected chi connectivity index (χ0v) is 8.77. The highest BCUT2D eigenvalue weighted by molar-refractivity contribution is 4.91. The Bertz CT molecular complexity index is 151. The highest BCUT2D eigenvalue weighted by Crippen LogP contribution is 2.51. The van der Waals surface area contributed by atoms with Gasteiger partial charge < -0.3 is 0 Å². The Morgan fingerprint density at radius 1 is 1.00 bits per heavy atom. The van der Waals surface area contributed by atoms with Crippen molar-refractivity contribution >= 4 is 0 Å². The van der Waals surface area contributed by atoms with Crippen molar-refractivity contribution in [3.05, 3.63) is 0 Å². The van der Waals surface area contributed by atoms with E-state index in [1.807, 2.05) is 0 Å². The van der Waals surface area contributed by atoms with Crippen LogP contribution in [0.1, 0.15) is 52.9 Å². The van der Waals surface area contributed by atoms with Gasteiger partial charge in [-0.3, -0.25) is 0 Å². The van der Waals surface area contributed by atoms with Gasteiger partial charge >= 0.3 is 0 Å². The standard InChI is InChI=1S/C12H22/c1-12(2,3)8-9-6-10-4-5-11(10)7-9/h9-11H,4-8H2,1-3H3. The molecular weight excluding hydrogens is 144 g/mol. The molecule has 70 valence electrons. The van der Waals surface area contributed by atoms with Crippen LogP contribution >= 0.6 is 0 Å². The van der Waals surface area contributed by atoms with Crippen LogP contribution in [0, 0.1) is 23.2 Å². The highest BCUT2D eigenvalue weighted by Gasteiger charge is 2.40. The summed E-state index contributed by atoms with van der Waals surface area (Å²) in [5.74, 6) is 3.37. The van der Waals surface area contributed by atoms with E-state index in [0.29, 0.717) is 5.41 Å². The zero-order valence-electron chi connectivity index (χ0n) is 8.77. The molecule has 0 bridgehead atoms. The summed E-state index contributed by atoms with van der Waals surface area (Å²) in [5, 5.41) is 0. The Hall–Kier alpha value is 0. The topological polar surface area (TPSA) is 0 Å². The van der Waals surface area contributed by atoms with Crippen molar-refractivity contribution in [2.24, 2.45) is 23.2 Å². The van der Waals surface area contributed by atoms with E-state index in [1.165, 1.54) is 6.42 Å². The normalized spacial score (nSPS) is 40.8. The first kappa shape index (κ1) is 8.59. The molecule has 2 atom stereocenters. The van der Waals surface area contributed by atoms with Gasteiger partial charge in [0.2, 0.25) is 0 Å². The van der Waals surface area contributed by atoms with E-state index < -0.39 is 0 Å². The Kier molecular flexibility index (Phi) is 1.97. The van der Waals surface area contributed by atoms with Crippen LogP contribution in [0.15, 0.2) is 0 Å². The van der Waals surface area contributed by atoms with Crippen LogP contribution in [0.3, 0.4) is 0 Å². The van der Waals surface area contributed by atoms with E-state index in [2.05, 4.69) is 20.8 Å². The third kappa shape index (κ3) is 1.67. The van der Waals surface area contributed by atoms with Crippen LogP contribution in [0.2, 0.25) is 0 Å². The first-order valence-corrected chi connectivity index (χ1v) is 5.54. The van der Waals surface area contributed by atoms with Crippen molar-refractivity contribution in [2.75, 3.05) is 0 Å². The molecule has 2 unspecified atom stereocenters. The molecule has 0 aromatic heterocycles. The van der Waals surface area contributed by atoms with Gasteiger partial charge in [0.05, 0.1) is 0 Å². The molecule has 0 aliphatic heterocycles. The van der Waals surface area contributed by atoms with Gasteiger partial charge in [-0.2, -0.15) is 0 Å². The molecule has 0 saturated heterocycles.